The van der Waals surface area contributed by atoms with Gasteiger partial charge in [-0.25, -0.2) is 0 Å². The number of hydrogen-bond donors (Lipinski definition) is 1. The summed E-state index contributed by atoms with van der Waals surface area (Å²) in [5.41, 5.74) is 7.10. The maximum atomic E-state index is 5.71. The minimum Gasteiger partial charge on any atom is -0.461 e. The van der Waals surface area contributed by atoms with Crippen molar-refractivity contribution in [1.82, 2.24) is 10.1 Å². The predicted molar refractivity (Wildman–Crippen MR) is 75.0 cm³/mol. The first-order valence-electron chi connectivity index (χ1n) is 6.31. The first kappa shape index (κ1) is 12.5. The Balaban J connectivity index is 1.97. The molecule has 3 aromatic rings. The van der Waals surface area contributed by atoms with Gasteiger partial charge in [0.15, 0.2) is 5.76 Å². The Morgan fingerprint density at radius 1 is 1.10 bits per heavy atom. The number of hydrogen-bond acceptors (Lipinski definition) is 5. The van der Waals surface area contributed by atoms with Crippen LogP contribution in [-0.2, 0) is 5.41 Å². The average Bonchev–Trinajstić information content (AvgIpc) is 3.10. The Bertz CT molecular complexity index is 697. The maximum absolute atomic E-state index is 5.71. The summed E-state index contributed by atoms with van der Waals surface area (Å²) in [7, 11) is 0. The monoisotopic (exact) mass is 269 g/mol. The Morgan fingerprint density at radius 3 is 2.50 bits per heavy atom. The number of anilines is 1. The number of nitrogens with two attached hydrogens (primary N) is 1. The predicted octanol–water partition coefficient (Wildman–Crippen LogP) is 3.24. The van der Waals surface area contributed by atoms with E-state index >= 15 is 0 Å². The lowest BCUT2D eigenvalue weighted by Crippen LogP contribution is -2.19. The standard InChI is InChI=1S/C15H15N3O2/c1-15(2,10-5-7-11(16)8-6-10)14-17-13(18-20-14)12-4-3-9-19-12/h3-9H,16H2,1-2H3. The summed E-state index contributed by atoms with van der Waals surface area (Å²) in [5, 5.41) is 3.96. The molecule has 5 heteroatoms. The number of benzene rings is 1. The molecule has 3 rings (SSSR count). The van der Waals surface area contributed by atoms with Crippen LogP contribution in [0.1, 0.15) is 25.3 Å². The topological polar surface area (TPSA) is 78.1 Å². The third-order valence-corrected chi connectivity index (χ3v) is 3.33. The highest BCUT2D eigenvalue weighted by molar-refractivity contribution is 5.46. The van der Waals surface area contributed by atoms with Gasteiger partial charge >= 0.3 is 0 Å². The van der Waals surface area contributed by atoms with Crippen molar-refractivity contribution in [1.29, 1.82) is 0 Å². The first-order valence-corrected chi connectivity index (χ1v) is 6.31. The van der Waals surface area contributed by atoms with Crippen LogP contribution in [0, 0.1) is 0 Å². The van der Waals surface area contributed by atoms with E-state index in [1.54, 1.807) is 18.4 Å². The minimum atomic E-state index is -0.397. The lowest BCUT2D eigenvalue weighted by Gasteiger charge is -2.20. The van der Waals surface area contributed by atoms with Gasteiger partial charge < -0.3 is 14.7 Å². The normalized spacial score (nSPS) is 11.7. The quantitative estimate of drug-likeness (QED) is 0.738. The molecule has 0 radical (unpaired) electrons. The van der Waals surface area contributed by atoms with Gasteiger partial charge in [0.05, 0.1) is 11.7 Å². The van der Waals surface area contributed by atoms with Crippen molar-refractivity contribution in [2.45, 2.75) is 19.3 Å². The number of nitrogens with zero attached hydrogens (tertiary/aromatic N) is 2. The van der Waals surface area contributed by atoms with E-state index in [0.29, 0.717) is 17.5 Å². The molecule has 0 aliphatic rings. The van der Waals surface area contributed by atoms with Crippen molar-refractivity contribution < 1.29 is 8.94 Å². The van der Waals surface area contributed by atoms with Crippen molar-refractivity contribution in [2.24, 2.45) is 0 Å². The van der Waals surface area contributed by atoms with Crippen LogP contribution in [0.5, 0.6) is 0 Å². The lowest BCUT2D eigenvalue weighted by atomic mass is 9.84. The zero-order valence-corrected chi connectivity index (χ0v) is 11.3. The average molecular weight is 269 g/mol. The van der Waals surface area contributed by atoms with Gasteiger partial charge in [0.1, 0.15) is 0 Å². The second-order valence-corrected chi connectivity index (χ2v) is 5.15. The van der Waals surface area contributed by atoms with Gasteiger partial charge in [-0.1, -0.05) is 17.3 Å². The highest BCUT2D eigenvalue weighted by Gasteiger charge is 2.30. The molecular weight excluding hydrogens is 254 g/mol. The van der Waals surface area contributed by atoms with E-state index < -0.39 is 5.41 Å². The summed E-state index contributed by atoms with van der Waals surface area (Å²) in [6, 6.07) is 11.2. The molecule has 0 saturated heterocycles. The summed E-state index contributed by atoms with van der Waals surface area (Å²) in [6.45, 7) is 4.05. The van der Waals surface area contributed by atoms with Crippen molar-refractivity contribution in [3.63, 3.8) is 0 Å². The molecule has 2 heterocycles. The van der Waals surface area contributed by atoms with Gasteiger partial charge in [0, 0.05) is 5.69 Å². The number of aromatic nitrogens is 2. The Morgan fingerprint density at radius 2 is 1.85 bits per heavy atom. The second-order valence-electron chi connectivity index (χ2n) is 5.15. The number of nitrogen functional groups attached to an aromatic ring is 1. The summed E-state index contributed by atoms with van der Waals surface area (Å²) < 4.78 is 10.7. The van der Waals surface area contributed by atoms with E-state index in [1.165, 1.54) is 0 Å². The fraction of sp³-hybridized carbons (Fsp3) is 0.200. The van der Waals surface area contributed by atoms with E-state index in [1.807, 2.05) is 38.1 Å². The van der Waals surface area contributed by atoms with Crippen LogP contribution in [0.4, 0.5) is 5.69 Å². The Labute approximate surface area is 116 Å². The molecule has 1 aromatic carbocycles. The van der Waals surface area contributed by atoms with Crippen molar-refractivity contribution in [2.75, 3.05) is 5.73 Å². The van der Waals surface area contributed by atoms with Crippen LogP contribution in [0.3, 0.4) is 0 Å². The molecule has 2 N–H and O–H groups in total. The van der Waals surface area contributed by atoms with Gasteiger partial charge in [0.2, 0.25) is 11.7 Å². The molecule has 0 amide bonds. The minimum absolute atomic E-state index is 0.397. The van der Waals surface area contributed by atoms with Crippen LogP contribution in [-0.4, -0.2) is 10.1 Å². The zero-order chi connectivity index (χ0) is 14.2. The van der Waals surface area contributed by atoms with Crippen LogP contribution in [0.15, 0.2) is 51.6 Å². The summed E-state index contributed by atoms with van der Waals surface area (Å²) in [5.74, 6) is 1.58. The fourth-order valence-corrected chi connectivity index (χ4v) is 2.01. The Kier molecular flexibility index (Phi) is 2.82. The zero-order valence-electron chi connectivity index (χ0n) is 11.3. The number of rotatable bonds is 3. The van der Waals surface area contributed by atoms with Crippen molar-refractivity contribution in [3.05, 3.63) is 54.1 Å². The Hall–Kier alpha value is -2.56. The van der Waals surface area contributed by atoms with Crippen LogP contribution in [0.25, 0.3) is 11.6 Å². The molecule has 0 aliphatic carbocycles. The van der Waals surface area contributed by atoms with E-state index in [2.05, 4.69) is 10.1 Å². The van der Waals surface area contributed by atoms with E-state index in [-0.39, 0.29) is 0 Å². The second kappa shape index (κ2) is 4.52. The molecule has 5 nitrogen and oxygen atoms in total. The van der Waals surface area contributed by atoms with Gasteiger partial charge in [-0.15, -0.1) is 0 Å². The van der Waals surface area contributed by atoms with Gasteiger partial charge in [-0.3, -0.25) is 0 Å². The smallest absolute Gasteiger partial charge is 0.238 e. The third kappa shape index (κ3) is 2.07. The van der Waals surface area contributed by atoms with Crippen LogP contribution < -0.4 is 5.73 Å². The van der Waals surface area contributed by atoms with Crippen molar-refractivity contribution >= 4 is 5.69 Å². The fourth-order valence-electron chi connectivity index (χ4n) is 2.01. The van der Waals surface area contributed by atoms with E-state index in [9.17, 15) is 0 Å². The first-order chi connectivity index (χ1) is 9.57. The van der Waals surface area contributed by atoms with E-state index in [0.717, 1.165) is 11.3 Å². The molecule has 0 atom stereocenters. The lowest BCUT2D eigenvalue weighted by molar-refractivity contribution is 0.332. The third-order valence-electron chi connectivity index (χ3n) is 3.33. The SMILES string of the molecule is CC(C)(c1ccc(N)cc1)c1nc(-c2ccco2)no1. The van der Waals surface area contributed by atoms with Gasteiger partial charge in [0.25, 0.3) is 0 Å². The maximum Gasteiger partial charge on any atom is 0.238 e. The van der Waals surface area contributed by atoms with Crippen LogP contribution in [0.2, 0.25) is 0 Å². The molecule has 102 valence electrons. The highest BCUT2D eigenvalue weighted by Crippen LogP contribution is 2.31. The molecule has 0 unspecified atom stereocenters. The largest absolute Gasteiger partial charge is 0.461 e. The van der Waals surface area contributed by atoms with Crippen LogP contribution >= 0.6 is 0 Å². The molecule has 20 heavy (non-hydrogen) atoms. The molecule has 0 fully saturated rings. The van der Waals surface area contributed by atoms with Crippen molar-refractivity contribution in [3.8, 4) is 11.6 Å². The molecule has 0 saturated carbocycles. The molecule has 0 bridgehead atoms. The van der Waals surface area contributed by atoms with Gasteiger partial charge in [-0.05, 0) is 43.7 Å². The molecule has 0 spiro atoms. The number of furan rings is 1. The van der Waals surface area contributed by atoms with E-state index in [4.69, 9.17) is 14.7 Å². The summed E-state index contributed by atoms with van der Waals surface area (Å²) >= 11 is 0. The summed E-state index contributed by atoms with van der Waals surface area (Å²) in [6.07, 6.45) is 1.58. The molecule has 2 aromatic heterocycles. The molecular formula is C15H15N3O2. The molecule has 0 aliphatic heterocycles. The van der Waals surface area contributed by atoms with Gasteiger partial charge in [-0.2, -0.15) is 4.98 Å². The summed E-state index contributed by atoms with van der Waals surface area (Å²) in [4.78, 5) is 4.42. The highest BCUT2D eigenvalue weighted by atomic mass is 16.5.